The summed E-state index contributed by atoms with van der Waals surface area (Å²) >= 11 is 0. The SMILES string of the molecule is CCCNC(=O)N1CCC2(CCNC2)C1.Cl. The van der Waals surface area contributed by atoms with E-state index in [-0.39, 0.29) is 18.4 Å². The van der Waals surface area contributed by atoms with Crippen molar-refractivity contribution >= 4 is 18.4 Å². The number of rotatable bonds is 2. The Kier molecular flexibility index (Phi) is 4.87. The van der Waals surface area contributed by atoms with Crippen molar-refractivity contribution in [3.63, 3.8) is 0 Å². The van der Waals surface area contributed by atoms with Gasteiger partial charge in [-0.25, -0.2) is 4.79 Å². The molecule has 2 amide bonds. The van der Waals surface area contributed by atoms with Crippen LogP contribution in [0.5, 0.6) is 0 Å². The van der Waals surface area contributed by atoms with Crippen LogP contribution in [0.25, 0.3) is 0 Å². The number of nitrogens with one attached hydrogen (secondary N) is 2. The van der Waals surface area contributed by atoms with Crippen molar-refractivity contribution in [2.75, 3.05) is 32.7 Å². The Balaban J connectivity index is 0.00000128. The fourth-order valence-corrected chi connectivity index (χ4v) is 2.60. The van der Waals surface area contributed by atoms with Crippen LogP contribution in [0, 0.1) is 5.41 Å². The molecule has 2 fully saturated rings. The molecule has 0 aromatic rings. The van der Waals surface area contributed by atoms with Gasteiger partial charge in [0.2, 0.25) is 0 Å². The number of amides is 2. The number of carbonyl (C=O) groups is 1. The molecule has 0 aliphatic carbocycles. The zero-order valence-electron chi connectivity index (χ0n) is 9.92. The van der Waals surface area contributed by atoms with Gasteiger partial charge in [-0.15, -0.1) is 12.4 Å². The minimum Gasteiger partial charge on any atom is -0.338 e. The maximum atomic E-state index is 11.7. The number of hydrogen-bond acceptors (Lipinski definition) is 2. The third kappa shape index (κ3) is 2.80. The molecule has 2 aliphatic rings. The number of nitrogens with zero attached hydrogens (tertiary/aromatic N) is 1. The second-order valence-electron chi connectivity index (χ2n) is 4.83. The third-order valence-corrected chi connectivity index (χ3v) is 3.58. The molecule has 0 bridgehead atoms. The van der Waals surface area contributed by atoms with Crippen molar-refractivity contribution in [1.82, 2.24) is 15.5 Å². The molecule has 1 unspecified atom stereocenters. The second kappa shape index (κ2) is 5.73. The predicted molar refractivity (Wildman–Crippen MR) is 67.0 cm³/mol. The van der Waals surface area contributed by atoms with Crippen molar-refractivity contribution in [3.05, 3.63) is 0 Å². The van der Waals surface area contributed by atoms with Crippen LogP contribution >= 0.6 is 12.4 Å². The van der Waals surface area contributed by atoms with Crippen LogP contribution in [-0.2, 0) is 0 Å². The highest BCUT2D eigenvalue weighted by Crippen LogP contribution is 2.35. The van der Waals surface area contributed by atoms with E-state index < -0.39 is 0 Å². The molecule has 0 aromatic heterocycles. The molecular formula is C11H22ClN3O. The van der Waals surface area contributed by atoms with Gasteiger partial charge in [-0.05, 0) is 25.8 Å². The lowest BCUT2D eigenvalue weighted by Crippen LogP contribution is -2.40. The molecular weight excluding hydrogens is 226 g/mol. The van der Waals surface area contributed by atoms with Crippen molar-refractivity contribution in [2.24, 2.45) is 5.41 Å². The van der Waals surface area contributed by atoms with Gasteiger partial charge in [-0.3, -0.25) is 0 Å². The van der Waals surface area contributed by atoms with E-state index >= 15 is 0 Å². The standard InChI is InChI=1S/C11H21N3O.ClH/c1-2-5-13-10(15)14-7-4-11(9-14)3-6-12-8-11;/h12H,2-9H2,1H3,(H,13,15);1H. The molecule has 4 nitrogen and oxygen atoms in total. The van der Waals surface area contributed by atoms with Crippen molar-refractivity contribution in [3.8, 4) is 0 Å². The van der Waals surface area contributed by atoms with Crippen molar-refractivity contribution in [2.45, 2.75) is 26.2 Å². The van der Waals surface area contributed by atoms with Gasteiger partial charge in [-0.2, -0.15) is 0 Å². The smallest absolute Gasteiger partial charge is 0.317 e. The topological polar surface area (TPSA) is 44.4 Å². The fourth-order valence-electron chi connectivity index (χ4n) is 2.60. The van der Waals surface area contributed by atoms with Crippen LogP contribution in [-0.4, -0.2) is 43.7 Å². The molecule has 2 heterocycles. The third-order valence-electron chi connectivity index (χ3n) is 3.58. The molecule has 5 heteroatoms. The van der Waals surface area contributed by atoms with E-state index in [1.165, 1.54) is 12.8 Å². The maximum absolute atomic E-state index is 11.7. The van der Waals surface area contributed by atoms with Crippen LogP contribution in [0.3, 0.4) is 0 Å². The van der Waals surface area contributed by atoms with Crippen LogP contribution in [0.4, 0.5) is 4.79 Å². The highest BCUT2D eigenvalue weighted by Gasteiger charge is 2.41. The zero-order chi connectivity index (χ0) is 10.7. The fraction of sp³-hybridized carbons (Fsp3) is 0.909. The average molecular weight is 248 g/mol. The van der Waals surface area contributed by atoms with Gasteiger partial charge in [-0.1, -0.05) is 6.92 Å². The second-order valence-corrected chi connectivity index (χ2v) is 4.83. The summed E-state index contributed by atoms with van der Waals surface area (Å²) in [7, 11) is 0. The Hall–Kier alpha value is -0.480. The molecule has 16 heavy (non-hydrogen) atoms. The minimum atomic E-state index is 0. The molecule has 0 aromatic carbocycles. The molecule has 94 valence electrons. The lowest BCUT2D eigenvalue weighted by molar-refractivity contribution is 0.201. The average Bonchev–Trinajstić information content (AvgIpc) is 2.86. The van der Waals surface area contributed by atoms with Crippen LogP contribution in [0.15, 0.2) is 0 Å². The summed E-state index contributed by atoms with van der Waals surface area (Å²) in [6.07, 6.45) is 3.40. The molecule has 2 rings (SSSR count). The van der Waals surface area contributed by atoms with Crippen LogP contribution < -0.4 is 10.6 Å². The van der Waals surface area contributed by atoms with E-state index in [4.69, 9.17) is 0 Å². The summed E-state index contributed by atoms with van der Waals surface area (Å²) in [6, 6.07) is 0.126. The summed E-state index contributed by atoms with van der Waals surface area (Å²) in [4.78, 5) is 13.7. The number of likely N-dealkylation sites (tertiary alicyclic amines) is 1. The zero-order valence-corrected chi connectivity index (χ0v) is 10.7. The number of carbonyl (C=O) groups excluding carboxylic acids is 1. The normalized spacial score (nSPS) is 28.2. The van der Waals surface area contributed by atoms with Gasteiger partial charge in [0.1, 0.15) is 0 Å². The Morgan fingerprint density at radius 2 is 2.31 bits per heavy atom. The van der Waals surface area contributed by atoms with Gasteiger partial charge < -0.3 is 15.5 Å². The largest absolute Gasteiger partial charge is 0.338 e. The summed E-state index contributed by atoms with van der Waals surface area (Å²) in [5.41, 5.74) is 0.392. The first kappa shape index (κ1) is 13.6. The first-order valence-corrected chi connectivity index (χ1v) is 5.99. The number of halogens is 1. The van der Waals surface area contributed by atoms with E-state index in [9.17, 15) is 4.79 Å². The van der Waals surface area contributed by atoms with E-state index in [1.54, 1.807) is 0 Å². The molecule has 2 N–H and O–H groups in total. The monoisotopic (exact) mass is 247 g/mol. The summed E-state index contributed by atoms with van der Waals surface area (Å²) in [5.74, 6) is 0. The Bertz CT molecular complexity index is 241. The summed E-state index contributed by atoms with van der Waals surface area (Å²) in [6.45, 7) is 6.94. The minimum absolute atomic E-state index is 0. The quantitative estimate of drug-likeness (QED) is 0.771. The van der Waals surface area contributed by atoms with Crippen molar-refractivity contribution < 1.29 is 4.79 Å². The van der Waals surface area contributed by atoms with Gasteiger partial charge in [0.25, 0.3) is 0 Å². The van der Waals surface area contributed by atoms with E-state index in [0.29, 0.717) is 5.41 Å². The summed E-state index contributed by atoms with van der Waals surface area (Å²) in [5, 5.41) is 6.35. The molecule has 1 atom stereocenters. The Labute approximate surface area is 104 Å². The first-order chi connectivity index (χ1) is 7.26. The molecule has 0 saturated carbocycles. The van der Waals surface area contributed by atoms with Gasteiger partial charge >= 0.3 is 6.03 Å². The van der Waals surface area contributed by atoms with E-state index in [2.05, 4.69) is 17.6 Å². The predicted octanol–water partition coefficient (Wildman–Crippen LogP) is 1.21. The number of hydrogen-bond donors (Lipinski definition) is 2. The van der Waals surface area contributed by atoms with Gasteiger partial charge in [0, 0.05) is 31.6 Å². The van der Waals surface area contributed by atoms with Gasteiger partial charge in [0.05, 0.1) is 0 Å². The molecule has 1 spiro atoms. The van der Waals surface area contributed by atoms with Crippen LogP contribution in [0.2, 0.25) is 0 Å². The maximum Gasteiger partial charge on any atom is 0.317 e. The van der Waals surface area contributed by atoms with Crippen LogP contribution in [0.1, 0.15) is 26.2 Å². The molecule has 0 radical (unpaired) electrons. The highest BCUT2D eigenvalue weighted by molar-refractivity contribution is 5.85. The number of urea groups is 1. The highest BCUT2D eigenvalue weighted by atomic mass is 35.5. The Morgan fingerprint density at radius 3 is 2.94 bits per heavy atom. The lowest BCUT2D eigenvalue weighted by atomic mass is 9.87. The van der Waals surface area contributed by atoms with E-state index in [0.717, 1.165) is 39.1 Å². The van der Waals surface area contributed by atoms with Crippen molar-refractivity contribution in [1.29, 1.82) is 0 Å². The van der Waals surface area contributed by atoms with E-state index in [1.807, 2.05) is 4.90 Å². The Morgan fingerprint density at radius 1 is 1.50 bits per heavy atom. The van der Waals surface area contributed by atoms with Gasteiger partial charge in [0.15, 0.2) is 0 Å². The molecule has 2 aliphatic heterocycles. The molecule has 2 saturated heterocycles. The lowest BCUT2D eigenvalue weighted by Gasteiger charge is -2.22. The summed E-state index contributed by atoms with van der Waals surface area (Å²) < 4.78 is 0. The first-order valence-electron chi connectivity index (χ1n) is 5.99.